The van der Waals surface area contributed by atoms with Gasteiger partial charge in [-0.2, -0.15) is 0 Å². The molecule has 0 atom stereocenters. The SMILES string of the molecule is ClCC1c2ccccc2-c2ccccc21. The van der Waals surface area contributed by atoms with E-state index < -0.39 is 0 Å². The van der Waals surface area contributed by atoms with Gasteiger partial charge in [0.25, 0.3) is 0 Å². The van der Waals surface area contributed by atoms with Crippen LogP contribution in [0.4, 0.5) is 0 Å². The first kappa shape index (κ1) is 8.99. The molecule has 0 N–H and O–H groups in total. The minimum absolute atomic E-state index is 0.374. The Bertz CT molecular complexity index is 457. The van der Waals surface area contributed by atoms with Crippen molar-refractivity contribution in [3.8, 4) is 11.1 Å². The number of halogens is 1. The van der Waals surface area contributed by atoms with Crippen LogP contribution in [0.15, 0.2) is 48.5 Å². The molecule has 0 bridgehead atoms. The first-order chi connectivity index (χ1) is 7.42. The third-order valence-electron chi connectivity index (χ3n) is 3.12. The second-order valence-electron chi connectivity index (χ2n) is 3.88. The van der Waals surface area contributed by atoms with Crippen LogP contribution in [0.1, 0.15) is 17.0 Å². The molecule has 1 aliphatic rings. The predicted octanol–water partition coefficient (Wildman–Crippen LogP) is 4.04. The molecule has 0 amide bonds. The van der Waals surface area contributed by atoms with E-state index in [2.05, 4.69) is 48.5 Å². The van der Waals surface area contributed by atoms with E-state index >= 15 is 0 Å². The first-order valence-electron chi connectivity index (χ1n) is 5.16. The fourth-order valence-electron chi connectivity index (χ4n) is 2.43. The van der Waals surface area contributed by atoms with Crippen molar-refractivity contribution in [1.82, 2.24) is 0 Å². The largest absolute Gasteiger partial charge is 0.126 e. The Balaban J connectivity index is 2.31. The Hall–Kier alpha value is -1.27. The van der Waals surface area contributed by atoms with Crippen molar-refractivity contribution >= 4 is 11.6 Å². The van der Waals surface area contributed by atoms with Crippen LogP contribution in [0.2, 0.25) is 0 Å². The number of alkyl halides is 1. The Morgan fingerprint density at radius 3 is 1.73 bits per heavy atom. The Morgan fingerprint density at radius 1 is 0.800 bits per heavy atom. The molecule has 0 heterocycles. The lowest BCUT2D eigenvalue weighted by Crippen LogP contribution is -1.96. The van der Waals surface area contributed by atoms with Gasteiger partial charge >= 0.3 is 0 Å². The molecule has 0 aliphatic heterocycles. The van der Waals surface area contributed by atoms with E-state index in [1.165, 1.54) is 22.3 Å². The summed E-state index contributed by atoms with van der Waals surface area (Å²) in [6, 6.07) is 17.1. The Morgan fingerprint density at radius 2 is 1.27 bits per heavy atom. The predicted molar refractivity (Wildman–Crippen MR) is 64.4 cm³/mol. The van der Waals surface area contributed by atoms with Crippen molar-refractivity contribution in [3.05, 3.63) is 59.7 Å². The van der Waals surface area contributed by atoms with Crippen LogP contribution < -0.4 is 0 Å². The average Bonchev–Trinajstić information content (AvgIpc) is 2.63. The standard InChI is InChI=1S/C14H11Cl/c15-9-14-12-7-3-1-5-10(12)11-6-2-4-8-13(11)14/h1-8,14H,9H2. The van der Waals surface area contributed by atoms with Crippen LogP contribution in [0.5, 0.6) is 0 Å². The van der Waals surface area contributed by atoms with E-state index in [1.807, 2.05) is 0 Å². The quantitative estimate of drug-likeness (QED) is 0.629. The highest BCUT2D eigenvalue weighted by molar-refractivity contribution is 6.19. The summed E-state index contributed by atoms with van der Waals surface area (Å²) in [6.07, 6.45) is 0. The zero-order chi connectivity index (χ0) is 10.3. The molecular formula is C14H11Cl. The molecule has 0 saturated carbocycles. The summed E-state index contributed by atoms with van der Waals surface area (Å²) >= 11 is 6.06. The molecule has 0 fully saturated rings. The second kappa shape index (κ2) is 3.39. The zero-order valence-corrected chi connectivity index (χ0v) is 9.04. The molecule has 15 heavy (non-hydrogen) atoms. The van der Waals surface area contributed by atoms with Gasteiger partial charge in [0.2, 0.25) is 0 Å². The van der Waals surface area contributed by atoms with Crippen LogP contribution in [-0.2, 0) is 0 Å². The highest BCUT2D eigenvalue weighted by atomic mass is 35.5. The van der Waals surface area contributed by atoms with Crippen LogP contribution in [0, 0.1) is 0 Å². The van der Waals surface area contributed by atoms with Crippen LogP contribution >= 0.6 is 11.6 Å². The molecule has 2 aromatic carbocycles. The maximum Gasteiger partial charge on any atom is 0.0333 e. The van der Waals surface area contributed by atoms with Crippen molar-refractivity contribution in [1.29, 1.82) is 0 Å². The van der Waals surface area contributed by atoms with Gasteiger partial charge in [0, 0.05) is 11.8 Å². The van der Waals surface area contributed by atoms with Crippen molar-refractivity contribution in [2.75, 3.05) is 5.88 Å². The number of hydrogen-bond acceptors (Lipinski definition) is 0. The Labute approximate surface area is 94.5 Å². The van der Waals surface area contributed by atoms with Gasteiger partial charge in [-0.25, -0.2) is 0 Å². The minimum atomic E-state index is 0.374. The van der Waals surface area contributed by atoms with Gasteiger partial charge in [0.15, 0.2) is 0 Å². The van der Waals surface area contributed by atoms with E-state index in [0.717, 1.165) is 0 Å². The third kappa shape index (κ3) is 1.22. The van der Waals surface area contributed by atoms with Crippen molar-refractivity contribution in [2.24, 2.45) is 0 Å². The molecule has 0 spiro atoms. The van der Waals surface area contributed by atoms with Crippen LogP contribution in [-0.4, -0.2) is 5.88 Å². The lowest BCUT2D eigenvalue weighted by Gasteiger charge is -2.08. The summed E-state index contributed by atoms with van der Waals surface area (Å²) in [5, 5.41) is 0. The molecule has 3 rings (SSSR count). The van der Waals surface area contributed by atoms with Gasteiger partial charge in [-0.3, -0.25) is 0 Å². The van der Waals surface area contributed by atoms with Gasteiger partial charge < -0.3 is 0 Å². The molecule has 2 aromatic rings. The first-order valence-corrected chi connectivity index (χ1v) is 5.69. The summed E-state index contributed by atoms with van der Waals surface area (Å²) in [6.45, 7) is 0. The Kier molecular flexibility index (Phi) is 2.03. The summed E-state index contributed by atoms with van der Waals surface area (Å²) in [4.78, 5) is 0. The third-order valence-corrected chi connectivity index (χ3v) is 3.43. The fourth-order valence-corrected chi connectivity index (χ4v) is 2.76. The van der Waals surface area contributed by atoms with E-state index in [1.54, 1.807) is 0 Å². The van der Waals surface area contributed by atoms with Crippen molar-refractivity contribution in [3.63, 3.8) is 0 Å². The van der Waals surface area contributed by atoms with Crippen molar-refractivity contribution in [2.45, 2.75) is 5.92 Å². The number of hydrogen-bond donors (Lipinski definition) is 0. The highest BCUT2D eigenvalue weighted by Gasteiger charge is 2.26. The summed E-state index contributed by atoms with van der Waals surface area (Å²) < 4.78 is 0. The van der Waals surface area contributed by atoms with E-state index in [4.69, 9.17) is 11.6 Å². The van der Waals surface area contributed by atoms with Gasteiger partial charge in [-0.15, -0.1) is 11.6 Å². The molecule has 0 radical (unpaired) electrons. The molecule has 74 valence electrons. The van der Waals surface area contributed by atoms with Crippen LogP contribution in [0.25, 0.3) is 11.1 Å². The van der Waals surface area contributed by atoms with Crippen LogP contribution in [0.3, 0.4) is 0 Å². The van der Waals surface area contributed by atoms with Gasteiger partial charge in [-0.1, -0.05) is 48.5 Å². The average molecular weight is 215 g/mol. The highest BCUT2D eigenvalue weighted by Crippen LogP contribution is 2.44. The topological polar surface area (TPSA) is 0 Å². The minimum Gasteiger partial charge on any atom is -0.126 e. The molecular weight excluding hydrogens is 204 g/mol. The summed E-state index contributed by atoms with van der Waals surface area (Å²) in [5.41, 5.74) is 5.43. The monoisotopic (exact) mass is 214 g/mol. The number of benzene rings is 2. The van der Waals surface area contributed by atoms with E-state index in [-0.39, 0.29) is 0 Å². The molecule has 0 unspecified atom stereocenters. The molecule has 0 nitrogen and oxygen atoms in total. The molecule has 1 heteroatoms. The lowest BCUT2D eigenvalue weighted by molar-refractivity contribution is 0.966. The second-order valence-corrected chi connectivity index (χ2v) is 4.19. The number of rotatable bonds is 1. The number of fused-ring (bicyclic) bond motifs is 3. The van der Waals surface area contributed by atoms with E-state index in [9.17, 15) is 0 Å². The van der Waals surface area contributed by atoms with Gasteiger partial charge in [0.05, 0.1) is 0 Å². The summed E-state index contributed by atoms with van der Waals surface area (Å²) in [7, 11) is 0. The lowest BCUT2D eigenvalue weighted by atomic mass is 9.99. The van der Waals surface area contributed by atoms with E-state index in [0.29, 0.717) is 11.8 Å². The summed E-state index contributed by atoms with van der Waals surface area (Å²) in [5.74, 6) is 1.03. The van der Waals surface area contributed by atoms with Crippen molar-refractivity contribution < 1.29 is 0 Å². The zero-order valence-electron chi connectivity index (χ0n) is 8.28. The maximum atomic E-state index is 6.06. The maximum absolute atomic E-state index is 6.06. The smallest absolute Gasteiger partial charge is 0.0333 e. The van der Waals surface area contributed by atoms with Gasteiger partial charge in [0.1, 0.15) is 0 Å². The molecule has 0 saturated heterocycles. The molecule has 0 aromatic heterocycles. The molecule has 1 aliphatic carbocycles. The fraction of sp³-hybridized carbons (Fsp3) is 0.143. The van der Waals surface area contributed by atoms with Gasteiger partial charge in [-0.05, 0) is 22.3 Å². The normalized spacial score (nSPS) is 13.7.